The van der Waals surface area contributed by atoms with Crippen LogP contribution in [0.3, 0.4) is 0 Å². The Kier molecular flexibility index (Phi) is 3.82. The van der Waals surface area contributed by atoms with Gasteiger partial charge in [0.25, 0.3) is 0 Å². The average molecular weight is 226 g/mol. The number of benzene rings is 1. The van der Waals surface area contributed by atoms with E-state index < -0.39 is 0 Å². The molecule has 1 aromatic carbocycles. The summed E-state index contributed by atoms with van der Waals surface area (Å²) in [6.45, 7) is 2.83. The maximum absolute atomic E-state index is 5.44. The van der Waals surface area contributed by atoms with Crippen molar-refractivity contribution >= 4 is 11.0 Å². The van der Waals surface area contributed by atoms with E-state index in [4.69, 9.17) is 6.42 Å². The maximum Gasteiger partial charge on any atom is 0.110 e. The van der Waals surface area contributed by atoms with Crippen molar-refractivity contribution in [3.05, 3.63) is 30.1 Å². The molecule has 0 spiro atoms. The number of para-hydroxylation sites is 2. The summed E-state index contributed by atoms with van der Waals surface area (Å²) in [5, 5.41) is 0. The molecule has 0 N–H and O–H groups in total. The van der Waals surface area contributed by atoms with E-state index in [1.807, 2.05) is 18.2 Å². The molecule has 0 saturated heterocycles. The number of hydrogen-bond acceptors (Lipinski definition) is 1. The van der Waals surface area contributed by atoms with Gasteiger partial charge in [0.05, 0.1) is 17.6 Å². The molecule has 1 aromatic heterocycles. The minimum absolute atomic E-state index is 0.613. The minimum atomic E-state index is 0.613. The van der Waals surface area contributed by atoms with Crippen LogP contribution in [0.5, 0.6) is 0 Å². The van der Waals surface area contributed by atoms with Gasteiger partial charge in [-0.3, -0.25) is 0 Å². The number of rotatable bonds is 5. The van der Waals surface area contributed by atoms with Gasteiger partial charge in [-0.15, -0.1) is 6.42 Å². The smallest absolute Gasteiger partial charge is 0.110 e. The SMILES string of the molecule is C#CCn1c(CCCCC)nc2ccccc21. The number of imidazole rings is 1. The van der Waals surface area contributed by atoms with Gasteiger partial charge in [0.15, 0.2) is 0 Å². The molecule has 88 valence electrons. The van der Waals surface area contributed by atoms with E-state index in [0.717, 1.165) is 23.3 Å². The van der Waals surface area contributed by atoms with E-state index in [1.54, 1.807) is 0 Å². The summed E-state index contributed by atoms with van der Waals surface area (Å²) in [5.41, 5.74) is 2.20. The molecule has 2 nitrogen and oxygen atoms in total. The monoisotopic (exact) mass is 226 g/mol. The number of unbranched alkanes of at least 4 members (excludes halogenated alkanes) is 2. The summed E-state index contributed by atoms with van der Waals surface area (Å²) in [4.78, 5) is 4.67. The highest BCUT2D eigenvalue weighted by molar-refractivity contribution is 5.76. The lowest BCUT2D eigenvalue weighted by Gasteiger charge is -2.04. The highest BCUT2D eigenvalue weighted by atomic mass is 15.1. The summed E-state index contributed by atoms with van der Waals surface area (Å²) in [5.74, 6) is 3.84. The lowest BCUT2D eigenvalue weighted by molar-refractivity contribution is 0.666. The number of nitrogens with zero attached hydrogens (tertiary/aromatic N) is 2. The van der Waals surface area contributed by atoms with Crippen LogP contribution in [0.1, 0.15) is 32.0 Å². The van der Waals surface area contributed by atoms with Crippen molar-refractivity contribution in [2.24, 2.45) is 0 Å². The zero-order valence-corrected chi connectivity index (χ0v) is 10.3. The lowest BCUT2D eigenvalue weighted by atomic mass is 10.2. The molecule has 17 heavy (non-hydrogen) atoms. The van der Waals surface area contributed by atoms with E-state index in [1.165, 1.54) is 19.3 Å². The number of hydrogen-bond donors (Lipinski definition) is 0. The van der Waals surface area contributed by atoms with Gasteiger partial charge in [-0.05, 0) is 18.6 Å². The van der Waals surface area contributed by atoms with Crippen LogP contribution < -0.4 is 0 Å². The van der Waals surface area contributed by atoms with Gasteiger partial charge in [0.1, 0.15) is 5.82 Å². The van der Waals surface area contributed by atoms with Crippen LogP contribution >= 0.6 is 0 Å². The van der Waals surface area contributed by atoms with Crippen LogP contribution in [-0.2, 0) is 13.0 Å². The third-order valence-electron chi connectivity index (χ3n) is 2.99. The molecular formula is C15H18N2. The lowest BCUT2D eigenvalue weighted by Crippen LogP contribution is -2.02. The molecule has 0 saturated carbocycles. The summed E-state index contributed by atoms with van der Waals surface area (Å²) in [6.07, 6.45) is 10.1. The third kappa shape index (κ3) is 2.50. The second-order valence-corrected chi connectivity index (χ2v) is 4.26. The van der Waals surface area contributed by atoms with Crippen LogP contribution in [-0.4, -0.2) is 9.55 Å². The highest BCUT2D eigenvalue weighted by Gasteiger charge is 2.08. The first-order chi connectivity index (χ1) is 8.36. The zero-order chi connectivity index (χ0) is 12.1. The normalized spacial score (nSPS) is 10.6. The fourth-order valence-electron chi connectivity index (χ4n) is 2.12. The summed E-state index contributed by atoms with van der Waals surface area (Å²) in [7, 11) is 0. The van der Waals surface area contributed by atoms with E-state index in [2.05, 4.69) is 28.5 Å². The molecule has 0 atom stereocenters. The van der Waals surface area contributed by atoms with Crippen molar-refractivity contribution in [3.8, 4) is 12.3 Å². The molecule has 0 radical (unpaired) electrons. The molecule has 1 heterocycles. The number of aryl methyl sites for hydroxylation is 1. The minimum Gasteiger partial charge on any atom is -0.316 e. The molecule has 2 rings (SSSR count). The van der Waals surface area contributed by atoms with E-state index in [0.29, 0.717) is 6.54 Å². The predicted octanol–water partition coefficient (Wildman–Crippen LogP) is 3.40. The Balaban J connectivity index is 2.33. The van der Waals surface area contributed by atoms with Gasteiger partial charge in [0.2, 0.25) is 0 Å². The molecular weight excluding hydrogens is 208 g/mol. The molecule has 0 bridgehead atoms. The van der Waals surface area contributed by atoms with Crippen molar-refractivity contribution < 1.29 is 0 Å². The predicted molar refractivity (Wildman–Crippen MR) is 71.8 cm³/mol. The fourth-order valence-corrected chi connectivity index (χ4v) is 2.12. The van der Waals surface area contributed by atoms with Gasteiger partial charge in [-0.1, -0.05) is 37.8 Å². The zero-order valence-electron chi connectivity index (χ0n) is 10.3. The van der Waals surface area contributed by atoms with Crippen molar-refractivity contribution in [2.75, 3.05) is 0 Å². The van der Waals surface area contributed by atoms with E-state index in [-0.39, 0.29) is 0 Å². The molecule has 0 unspecified atom stereocenters. The van der Waals surface area contributed by atoms with Crippen molar-refractivity contribution in [1.82, 2.24) is 9.55 Å². The van der Waals surface area contributed by atoms with Crippen molar-refractivity contribution in [1.29, 1.82) is 0 Å². The topological polar surface area (TPSA) is 17.8 Å². The van der Waals surface area contributed by atoms with E-state index >= 15 is 0 Å². The van der Waals surface area contributed by atoms with Crippen molar-refractivity contribution in [2.45, 2.75) is 39.2 Å². The second kappa shape index (κ2) is 5.54. The van der Waals surface area contributed by atoms with Gasteiger partial charge in [0, 0.05) is 6.42 Å². The summed E-state index contributed by atoms with van der Waals surface area (Å²) >= 11 is 0. The fraction of sp³-hybridized carbons (Fsp3) is 0.400. The average Bonchev–Trinajstić information content (AvgIpc) is 2.69. The molecule has 0 aliphatic carbocycles. The number of fused-ring (bicyclic) bond motifs is 1. The summed E-state index contributed by atoms with van der Waals surface area (Å²) < 4.78 is 2.16. The number of aromatic nitrogens is 2. The Labute approximate surface area is 103 Å². The number of terminal acetylenes is 1. The Morgan fingerprint density at radius 2 is 2.12 bits per heavy atom. The van der Waals surface area contributed by atoms with Gasteiger partial charge >= 0.3 is 0 Å². The van der Waals surface area contributed by atoms with Gasteiger partial charge in [-0.2, -0.15) is 0 Å². The molecule has 2 aromatic rings. The van der Waals surface area contributed by atoms with E-state index in [9.17, 15) is 0 Å². The first kappa shape index (κ1) is 11.7. The Morgan fingerprint density at radius 1 is 1.29 bits per heavy atom. The second-order valence-electron chi connectivity index (χ2n) is 4.26. The van der Waals surface area contributed by atoms with Crippen LogP contribution in [0.4, 0.5) is 0 Å². The Morgan fingerprint density at radius 3 is 2.88 bits per heavy atom. The van der Waals surface area contributed by atoms with Crippen LogP contribution in [0.2, 0.25) is 0 Å². The first-order valence-corrected chi connectivity index (χ1v) is 6.24. The maximum atomic E-state index is 5.44. The van der Waals surface area contributed by atoms with Crippen LogP contribution in [0.15, 0.2) is 24.3 Å². The van der Waals surface area contributed by atoms with Crippen molar-refractivity contribution in [3.63, 3.8) is 0 Å². The first-order valence-electron chi connectivity index (χ1n) is 6.24. The van der Waals surface area contributed by atoms with Gasteiger partial charge in [-0.25, -0.2) is 4.98 Å². The summed E-state index contributed by atoms with van der Waals surface area (Å²) in [6, 6.07) is 8.19. The molecule has 0 aliphatic rings. The molecule has 0 amide bonds. The third-order valence-corrected chi connectivity index (χ3v) is 2.99. The van der Waals surface area contributed by atoms with Crippen LogP contribution in [0, 0.1) is 12.3 Å². The quantitative estimate of drug-likeness (QED) is 0.564. The Bertz CT molecular complexity index is 531. The standard InChI is InChI=1S/C15H18N2/c1-3-5-6-11-15-16-13-9-7-8-10-14(13)17(15)12-4-2/h2,7-10H,3,5-6,11-12H2,1H3. The molecule has 0 fully saturated rings. The molecule has 0 aliphatic heterocycles. The van der Waals surface area contributed by atoms with Gasteiger partial charge < -0.3 is 4.57 Å². The Hall–Kier alpha value is -1.75. The molecule has 2 heteroatoms. The largest absolute Gasteiger partial charge is 0.316 e. The van der Waals surface area contributed by atoms with Crippen LogP contribution in [0.25, 0.3) is 11.0 Å². The highest BCUT2D eigenvalue weighted by Crippen LogP contribution is 2.17.